The van der Waals surface area contributed by atoms with E-state index in [1.54, 1.807) is 49.6 Å². The van der Waals surface area contributed by atoms with E-state index in [1.165, 1.54) is 11.9 Å². The molecule has 0 atom stereocenters. The highest BCUT2D eigenvalue weighted by molar-refractivity contribution is 9.11. The number of ether oxygens (including phenoxy) is 2. The lowest BCUT2D eigenvalue weighted by atomic mass is 10.2. The third kappa shape index (κ3) is 5.17. The van der Waals surface area contributed by atoms with Gasteiger partial charge in [-0.2, -0.15) is 4.80 Å². The molecule has 1 aromatic heterocycles. The number of methoxy groups -OCH3 is 2. The van der Waals surface area contributed by atoms with Crippen LogP contribution in [-0.4, -0.2) is 40.2 Å². The normalized spacial score (nSPS) is 10.7. The molecule has 174 valence electrons. The van der Waals surface area contributed by atoms with Crippen LogP contribution in [0.3, 0.4) is 0 Å². The summed E-state index contributed by atoms with van der Waals surface area (Å²) in [6, 6.07) is 14.1. The van der Waals surface area contributed by atoms with Crippen molar-refractivity contribution in [1.29, 1.82) is 0 Å². The average Bonchev–Trinajstić information content (AvgIpc) is 3.22. The van der Waals surface area contributed by atoms with Crippen LogP contribution in [0.5, 0.6) is 11.5 Å². The highest BCUT2D eigenvalue weighted by atomic mass is 79.9. The Bertz CT molecular complexity index is 1430. The van der Waals surface area contributed by atoms with E-state index in [1.807, 2.05) is 6.07 Å². The zero-order chi connectivity index (χ0) is 24.4. The Kier molecular flexibility index (Phi) is 7.36. The third-order valence-electron chi connectivity index (χ3n) is 4.69. The predicted octanol–water partition coefficient (Wildman–Crippen LogP) is 5.74. The Hall–Kier alpha value is -2.73. The summed E-state index contributed by atoms with van der Waals surface area (Å²) in [5.74, 6) is 0.553. The smallest absolute Gasteiger partial charge is 0.261 e. The number of rotatable bonds is 5. The molecule has 0 radical (unpaired) electrons. The van der Waals surface area contributed by atoms with Gasteiger partial charge in [-0.25, -0.2) is 0 Å². The minimum atomic E-state index is -0.417. The van der Waals surface area contributed by atoms with Crippen molar-refractivity contribution < 1.29 is 14.3 Å². The topological polar surface area (TPSA) is 90.3 Å². The molecule has 3 aromatic carbocycles. The van der Waals surface area contributed by atoms with Gasteiger partial charge >= 0.3 is 0 Å². The van der Waals surface area contributed by atoms with Crippen molar-refractivity contribution in [3.05, 3.63) is 68.1 Å². The second-order valence-corrected chi connectivity index (χ2v) is 9.47. The Balaban J connectivity index is 1.51. The van der Waals surface area contributed by atoms with Crippen molar-refractivity contribution in [3.8, 4) is 17.2 Å². The van der Waals surface area contributed by atoms with Crippen molar-refractivity contribution in [2.45, 2.75) is 0 Å². The maximum absolute atomic E-state index is 12.8. The standard InChI is InChI=1S/C22H16Br2ClN5O3S/c1-32-19-6-4-13(10-16(19)25)30-28-17-5-3-12(9-18(17)29-30)26-22(34)27-21(31)14-7-11(23)8-15(24)20(14)33-2/h3-10H,1-2H3,(H2,26,27,31,34). The van der Waals surface area contributed by atoms with Gasteiger partial charge in [0.25, 0.3) is 5.91 Å². The van der Waals surface area contributed by atoms with Crippen molar-refractivity contribution in [3.63, 3.8) is 0 Å². The highest BCUT2D eigenvalue weighted by Crippen LogP contribution is 2.32. The van der Waals surface area contributed by atoms with Crippen LogP contribution in [0.15, 0.2) is 57.5 Å². The zero-order valence-corrected chi connectivity index (χ0v) is 22.5. The molecule has 4 rings (SSSR count). The second-order valence-electron chi connectivity index (χ2n) is 6.89. The number of carbonyl (C=O) groups is 1. The molecular weight excluding hydrogens is 610 g/mol. The molecule has 1 heterocycles. The monoisotopic (exact) mass is 623 g/mol. The van der Waals surface area contributed by atoms with Gasteiger partial charge in [0.15, 0.2) is 5.11 Å². The Labute approximate surface area is 221 Å². The maximum Gasteiger partial charge on any atom is 0.261 e. The molecular formula is C22H16Br2ClN5O3S. The quantitative estimate of drug-likeness (QED) is 0.273. The largest absolute Gasteiger partial charge is 0.495 e. The summed E-state index contributed by atoms with van der Waals surface area (Å²) in [4.78, 5) is 14.3. The number of halogens is 3. The molecule has 0 spiro atoms. The zero-order valence-electron chi connectivity index (χ0n) is 17.7. The number of benzene rings is 3. The molecule has 8 nitrogen and oxygen atoms in total. The summed E-state index contributed by atoms with van der Waals surface area (Å²) in [5, 5.41) is 15.2. The second kappa shape index (κ2) is 10.3. The summed E-state index contributed by atoms with van der Waals surface area (Å²) in [6.07, 6.45) is 0. The minimum Gasteiger partial charge on any atom is -0.495 e. The van der Waals surface area contributed by atoms with Crippen molar-refractivity contribution in [2.75, 3.05) is 19.5 Å². The molecule has 0 saturated carbocycles. The lowest BCUT2D eigenvalue weighted by Crippen LogP contribution is -2.34. The van der Waals surface area contributed by atoms with Crippen LogP contribution < -0.4 is 20.1 Å². The number of fused-ring (bicyclic) bond motifs is 1. The van der Waals surface area contributed by atoms with Crippen molar-refractivity contribution >= 4 is 83.4 Å². The number of carbonyl (C=O) groups excluding carboxylic acids is 1. The molecule has 0 aliphatic carbocycles. The summed E-state index contributed by atoms with van der Waals surface area (Å²) >= 11 is 18.3. The molecule has 0 aliphatic heterocycles. The number of hydrogen-bond donors (Lipinski definition) is 2. The fraction of sp³-hybridized carbons (Fsp3) is 0.0909. The van der Waals surface area contributed by atoms with E-state index in [0.717, 1.165) is 4.47 Å². The lowest BCUT2D eigenvalue weighted by molar-refractivity contribution is 0.0974. The van der Waals surface area contributed by atoms with E-state index in [4.69, 9.17) is 33.3 Å². The Morgan fingerprint density at radius 2 is 1.79 bits per heavy atom. The molecule has 2 N–H and O–H groups in total. The van der Waals surface area contributed by atoms with E-state index in [9.17, 15) is 4.79 Å². The third-order valence-corrected chi connectivity index (χ3v) is 6.24. The highest BCUT2D eigenvalue weighted by Gasteiger charge is 2.18. The van der Waals surface area contributed by atoms with Gasteiger partial charge in [-0.1, -0.05) is 27.5 Å². The molecule has 4 aromatic rings. The predicted molar refractivity (Wildman–Crippen MR) is 143 cm³/mol. The Morgan fingerprint density at radius 3 is 2.50 bits per heavy atom. The van der Waals surface area contributed by atoms with Gasteiger partial charge in [0, 0.05) is 10.2 Å². The van der Waals surface area contributed by atoms with E-state index in [0.29, 0.717) is 49.0 Å². The van der Waals surface area contributed by atoms with Crippen LogP contribution in [-0.2, 0) is 0 Å². The van der Waals surface area contributed by atoms with E-state index < -0.39 is 5.91 Å². The molecule has 34 heavy (non-hydrogen) atoms. The molecule has 0 fully saturated rings. The summed E-state index contributed by atoms with van der Waals surface area (Å²) in [7, 11) is 3.04. The maximum atomic E-state index is 12.8. The summed E-state index contributed by atoms with van der Waals surface area (Å²) < 4.78 is 11.9. The van der Waals surface area contributed by atoms with E-state index in [2.05, 4.69) is 52.7 Å². The van der Waals surface area contributed by atoms with Gasteiger partial charge in [-0.15, -0.1) is 10.2 Å². The first-order chi connectivity index (χ1) is 16.3. The number of aromatic nitrogens is 3. The van der Waals surface area contributed by atoms with Crippen LogP contribution in [0.1, 0.15) is 10.4 Å². The van der Waals surface area contributed by atoms with Crippen molar-refractivity contribution in [1.82, 2.24) is 20.3 Å². The molecule has 0 saturated heterocycles. The first-order valence-corrected chi connectivity index (χ1v) is 12.0. The number of nitrogens with one attached hydrogen (secondary N) is 2. The molecule has 0 aliphatic rings. The number of thiocarbonyl (C=S) groups is 1. The average molecular weight is 626 g/mol. The van der Waals surface area contributed by atoms with Gasteiger partial charge < -0.3 is 14.8 Å². The summed E-state index contributed by atoms with van der Waals surface area (Å²) in [5.41, 5.74) is 2.96. The number of nitrogens with zero attached hydrogens (tertiary/aromatic N) is 3. The molecule has 0 unspecified atom stereocenters. The fourth-order valence-corrected chi connectivity index (χ4v) is 5.01. The minimum absolute atomic E-state index is 0.122. The van der Waals surface area contributed by atoms with Gasteiger partial charge in [0.1, 0.15) is 22.5 Å². The van der Waals surface area contributed by atoms with E-state index >= 15 is 0 Å². The van der Waals surface area contributed by atoms with Gasteiger partial charge in [0.2, 0.25) is 0 Å². The SMILES string of the molecule is COc1ccc(-n2nc3ccc(NC(=S)NC(=O)c4cc(Br)cc(Br)c4OC)cc3n2)cc1Cl. The fourth-order valence-electron chi connectivity index (χ4n) is 3.16. The number of hydrogen-bond acceptors (Lipinski definition) is 6. The summed E-state index contributed by atoms with van der Waals surface area (Å²) in [6.45, 7) is 0. The first-order valence-electron chi connectivity index (χ1n) is 9.65. The molecule has 0 bridgehead atoms. The molecule has 1 amide bonds. The van der Waals surface area contributed by atoms with Gasteiger partial charge in [-0.3, -0.25) is 10.1 Å². The van der Waals surface area contributed by atoms with Crippen molar-refractivity contribution in [2.24, 2.45) is 0 Å². The number of anilines is 1. The van der Waals surface area contributed by atoms with Crippen LogP contribution in [0.2, 0.25) is 5.02 Å². The van der Waals surface area contributed by atoms with Gasteiger partial charge in [-0.05, 0) is 76.7 Å². The molecule has 12 heteroatoms. The van der Waals surface area contributed by atoms with Crippen LogP contribution >= 0.6 is 55.7 Å². The first kappa shape index (κ1) is 24.4. The van der Waals surface area contributed by atoms with Crippen LogP contribution in [0.4, 0.5) is 5.69 Å². The van der Waals surface area contributed by atoms with Gasteiger partial charge in [0.05, 0.1) is 35.0 Å². The lowest BCUT2D eigenvalue weighted by Gasteiger charge is -2.13. The van der Waals surface area contributed by atoms with E-state index in [-0.39, 0.29) is 5.11 Å². The van der Waals surface area contributed by atoms with Crippen LogP contribution in [0, 0.1) is 0 Å². The van der Waals surface area contributed by atoms with Crippen LogP contribution in [0.25, 0.3) is 16.7 Å². The number of amides is 1. The Morgan fingerprint density at radius 1 is 1.03 bits per heavy atom.